The van der Waals surface area contributed by atoms with E-state index >= 15 is 0 Å². The van der Waals surface area contributed by atoms with E-state index in [2.05, 4.69) is 32.3 Å². The number of hydrogen-bond acceptors (Lipinski definition) is 7. The Hall–Kier alpha value is -3.53. The van der Waals surface area contributed by atoms with Gasteiger partial charge in [0.25, 0.3) is 5.91 Å². The van der Waals surface area contributed by atoms with Crippen molar-refractivity contribution in [3.8, 4) is 6.01 Å². The summed E-state index contributed by atoms with van der Waals surface area (Å²) in [5, 5.41) is 12.4. The predicted octanol–water partition coefficient (Wildman–Crippen LogP) is 3.39. The first-order valence-electron chi connectivity index (χ1n) is 14.8. The van der Waals surface area contributed by atoms with Gasteiger partial charge in [0.15, 0.2) is 6.10 Å². The largest absolute Gasteiger partial charge is 0.479 e. The van der Waals surface area contributed by atoms with E-state index in [0.29, 0.717) is 41.9 Å². The maximum Gasteiger partial charge on any atom is 0.344 e. The minimum atomic E-state index is -1.11. The number of aryl methyl sites for hydroxylation is 2. The molecule has 2 aliphatic heterocycles. The van der Waals surface area contributed by atoms with E-state index in [1.54, 1.807) is 13.8 Å². The number of carbonyl (C=O) groups is 3. The van der Waals surface area contributed by atoms with E-state index in [1.165, 1.54) is 6.92 Å². The summed E-state index contributed by atoms with van der Waals surface area (Å²) in [7, 11) is 0. The predicted molar refractivity (Wildman–Crippen MR) is 152 cm³/mol. The number of aliphatic carboxylic acids is 1. The van der Waals surface area contributed by atoms with E-state index in [-0.39, 0.29) is 29.8 Å². The molecule has 10 heteroatoms. The number of aromatic nitrogens is 2. The Kier molecular flexibility index (Phi) is 8.87. The third-order valence-electron chi connectivity index (χ3n) is 8.92. The molecule has 2 unspecified atom stereocenters. The summed E-state index contributed by atoms with van der Waals surface area (Å²) >= 11 is 0. The number of carboxylic acids is 1. The number of carboxylic acid groups (broad SMARTS) is 1. The average Bonchev–Trinajstić information content (AvgIpc) is 3.68. The van der Waals surface area contributed by atoms with E-state index in [9.17, 15) is 14.4 Å². The zero-order valence-electron chi connectivity index (χ0n) is 24.2. The van der Waals surface area contributed by atoms with Crippen LogP contribution < -0.4 is 10.1 Å². The molecule has 0 radical (unpaired) electrons. The SMILES string of the molecule is Cc1nc(O[C@H](C)C(=O)O)nc(C)c1C(=O)N1CC2CN(CC[C@H](NC(=O)C3CCCC3)c3ccccc3)CC2C1. The van der Waals surface area contributed by atoms with Crippen molar-refractivity contribution < 1.29 is 24.2 Å². The van der Waals surface area contributed by atoms with Gasteiger partial charge in [-0.1, -0.05) is 43.2 Å². The van der Waals surface area contributed by atoms with Gasteiger partial charge in [-0.2, -0.15) is 9.97 Å². The molecule has 2 saturated heterocycles. The molecule has 1 aliphatic carbocycles. The maximum absolute atomic E-state index is 13.5. The smallest absolute Gasteiger partial charge is 0.344 e. The van der Waals surface area contributed by atoms with E-state index in [1.807, 2.05) is 23.1 Å². The maximum atomic E-state index is 13.5. The summed E-state index contributed by atoms with van der Waals surface area (Å²) in [6, 6.07) is 10.2. The molecule has 2 N–H and O–H groups in total. The van der Waals surface area contributed by atoms with Crippen molar-refractivity contribution in [2.75, 3.05) is 32.7 Å². The number of hydrogen-bond donors (Lipinski definition) is 2. The molecule has 2 amide bonds. The molecule has 5 rings (SSSR count). The van der Waals surface area contributed by atoms with Crippen molar-refractivity contribution in [2.45, 2.75) is 65.0 Å². The van der Waals surface area contributed by atoms with Gasteiger partial charge in [-0.05, 0) is 57.4 Å². The topological polar surface area (TPSA) is 125 Å². The number of carbonyl (C=O) groups excluding carboxylic acids is 2. The summed E-state index contributed by atoms with van der Waals surface area (Å²) in [4.78, 5) is 50.4. The van der Waals surface area contributed by atoms with Gasteiger partial charge in [-0.3, -0.25) is 9.59 Å². The molecule has 4 atom stereocenters. The monoisotopic (exact) mass is 563 g/mol. The van der Waals surface area contributed by atoms with Crippen LogP contribution in [0, 0.1) is 31.6 Å². The normalized spacial score (nSPS) is 22.4. The highest BCUT2D eigenvalue weighted by molar-refractivity contribution is 5.96. The molecule has 3 heterocycles. The van der Waals surface area contributed by atoms with Crippen LogP contribution in [0.3, 0.4) is 0 Å². The van der Waals surface area contributed by atoms with Gasteiger partial charge in [0, 0.05) is 38.6 Å². The highest BCUT2D eigenvalue weighted by Crippen LogP contribution is 2.33. The quantitative estimate of drug-likeness (QED) is 0.451. The fourth-order valence-electron chi connectivity index (χ4n) is 6.65. The van der Waals surface area contributed by atoms with E-state index in [4.69, 9.17) is 9.84 Å². The van der Waals surface area contributed by atoms with Crippen LogP contribution in [0.15, 0.2) is 30.3 Å². The van der Waals surface area contributed by atoms with Crippen LogP contribution >= 0.6 is 0 Å². The number of likely N-dealkylation sites (tertiary alicyclic amines) is 2. The van der Waals surface area contributed by atoms with Crippen molar-refractivity contribution in [2.24, 2.45) is 17.8 Å². The molecular weight excluding hydrogens is 522 g/mol. The summed E-state index contributed by atoms with van der Waals surface area (Å²) in [5.41, 5.74) is 2.58. The zero-order valence-corrected chi connectivity index (χ0v) is 24.2. The first kappa shape index (κ1) is 29.0. The zero-order chi connectivity index (χ0) is 29.1. The first-order valence-corrected chi connectivity index (χ1v) is 14.8. The molecule has 10 nitrogen and oxygen atoms in total. The van der Waals surface area contributed by atoms with Gasteiger partial charge in [-0.15, -0.1) is 0 Å². The van der Waals surface area contributed by atoms with Gasteiger partial charge >= 0.3 is 12.0 Å². The van der Waals surface area contributed by atoms with Crippen LogP contribution in [-0.2, 0) is 9.59 Å². The molecular formula is C31H41N5O5. The Morgan fingerprint density at radius 1 is 1.00 bits per heavy atom. The van der Waals surface area contributed by atoms with E-state index < -0.39 is 12.1 Å². The molecule has 3 aliphatic rings. The summed E-state index contributed by atoms with van der Waals surface area (Å²) in [6.45, 7) is 9.01. The molecule has 0 bridgehead atoms. The second-order valence-electron chi connectivity index (χ2n) is 11.9. The second-order valence-corrected chi connectivity index (χ2v) is 11.9. The third kappa shape index (κ3) is 6.69. The lowest BCUT2D eigenvalue weighted by Crippen LogP contribution is -2.37. The minimum Gasteiger partial charge on any atom is -0.479 e. The number of amides is 2. The van der Waals surface area contributed by atoms with E-state index in [0.717, 1.165) is 57.3 Å². The molecule has 1 aromatic carbocycles. The van der Waals surface area contributed by atoms with Crippen LogP contribution in [0.2, 0.25) is 0 Å². The molecule has 1 aromatic heterocycles. The molecule has 2 aromatic rings. The van der Waals surface area contributed by atoms with Crippen molar-refractivity contribution in [1.82, 2.24) is 25.1 Å². The Morgan fingerprint density at radius 2 is 1.61 bits per heavy atom. The summed E-state index contributed by atoms with van der Waals surface area (Å²) < 4.78 is 5.31. The Bertz CT molecular complexity index is 1230. The molecule has 41 heavy (non-hydrogen) atoms. The number of ether oxygens (including phenoxy) is 1. The highest BCUT2D eigenvalue weighted by Gasteiger charge is 2.42. The minimum absolute atomic E-state index is 0.000736. The van der Waals surface area contributed by atoms with Gasteiger partial charge < -0.3 is 25.0 Å². The van der Waals surface area contributed by atoms with Crippen molar-refractivity contribution >= 4 is 17.8 Å². The standard InChI is InChI=1S/C31H41N5O5/c1-19-27(20(2)33-31(32-19)41-21(3)30(39)40)29(38)36-17-24-15-35(16-25(24)18-36)14-13-26(22-9-5-4-6-10-22)34-28(37)23-11-7-8-12-23/h4-6,9-10,21,23-26H,7-8,11-18H2,1-3H3,(H,34,37)(H,39,40)/t21-,24?,25?,26+/m1/s1. The number of fused-ring (bicyclic) bond motifs is 1. The Labute approximate surface area is 241 Å². The van der Waals surface area contributed by atoms with Crippen LogP contribution in [0.1, 0.15) is 72.4 Å². The lowest BCUT2D eigenvalue weighted by molar-refractivity contribution is -0.144. The summed E-state index contributed by atoms with van der Waals surface area (Å²) in [6.07, 6.45) is 4.04. The number of nitrogens with zero attached hydrogens (tertiary/aromatic N) is 4. The Balaban J connectivity index is 1.16. The lowest BCUT2D eigenvalue weighted by Gasteiger charge is -2.26. The number of rotatable bonds is 10. The fraction of sp³-hybridized carbons (Fsp3) is 0.581. The van der Waals surface area contributed by atoms with Crippen LogP contribution in [-0.4, -0.2) is 81.5 Å². The molecule has 0 spiro atoms. The van der Waals surface area contributed by atoms with Crippen molar-refractivity contribution in [1.29, 1.82) is 0 Å². The van der Waals surface area contributed by atoms with Gasteiger partial charge in [0.2, 0.25) is 5.91 Å². The van der Waals surface area contributed by atoms with Crippen LogP contribution in [0.4, 0.5) is 0 Å². The molecule has 1 saturated carbocycles. The van der Waals surface area contributed by atoms with Gasteiger partial charge in [0.1, 0.15) is 0 Å². The fourth-order valence-corrected chi connectivity index (χ4v) is 6.65. The average molecular weight is 564 g/mol. The highest BCUT2D eigenvalue weighted by atomic mass is 16.5. The van der Waals surface area contributed by atoms with Gasteiger partial charge in [0.05, 0.1) is 23.0 Å². The second kappa shape index (κ2) is 12.5. The van der Waals surface area contributed by atoms with Gasteiger partial charge in [-0.25, -0.2) is 4.79 Å². The third-order valence-corrected chi connectivity index (χ3v) is 8.92. The molecule has 3 fully saturated rings. The lowest BCUT2D eigenvalue weighted by atomic mass is 10.0. The van der Waals surface area contributed by atoms with Crippen LogP contribution in [0.5, 0.6) is 6.01 Å². The van der Waals surface area contributed by atoms with Crippen LogP contribution in [0.25, 0.3) is 0 Å². The molecule has 220 valence electrons. The number of nitrogens with one attached hydrogen (secondary N) is 1. The number of benzene rings is 1. The first-order chi connectivity index (χ1) is 19.7. The van der Waals surface area contributed by atoms with Crippen molar-refractivity contribution in [3.05, 3.63) is 52.8 Å². The summed E-state index contributed by atoms with van der Waals surface area (Å²) in [5.74, 6) is -0.0471. The van der Waals surface area contributed by atoms with Crippen molar-refractivity contribution in [3.63, 3.8) is 0 Å². The Morgan fingerprint density at radius 3 is 2.20 bits per heavy atom.